The first-order valence-electron chi connectivity index (χ1n) is 5.85. The van der Waals surface area contributed by atoms with Crippen LogP contribution in [0.2, 0.25) is 5.15 Å². The van der Waals surface area contributed by atoms with E-state index in [-0.39, 0.29) is 22.0 Å². The molecule has 5 nitrogen and oxygen atoms in total. The molecule has 0 bridgehead atoms. The van der Waals surface area contributed by atoms with Crippen molar-refractivity contribution in [3.63, 3.8) is 0 Å². The molecule has 0 aliphatic rings. The van der Waals surface area contributed by atoms with Crippen LogP contribution in [0, 0.1) is 12.7 Å². The fourth-order valence-electron chi connectivity index (χ4n) is 1.72. The molecule has 2 aromatic rings. The van der Waals surface area contributed by atoms with E-state index in [1.54, 1.807) is 13.0 Å². The van der Waals surface area contributed by atoms with Gasteiger partial charge in [0.1, 0.15) is 11.0 Å². The molecular formula is C14H10ClFN2O3. The van der Waals surface area contributed by atoms with E-state index in [1.807, 2.05) is 0 Å². The summed E-state index contributed by atoms with van der Waals surface area (Å²) < 4.78 is 13.1. The van der Waals surface area contributed by atoms with Crippen molar-refractivity contribution in [2.45, 2.75) is 6.92 Å². The molecule has 7 heteroatoms. The molecule has 0 spiro atoms. The summed E-state index contributed by atoms with van der Waals surface area (Å²) in [4.78, 5) is 26.7. The number of pyridine rings is 1. The van der Waals surface area contributed by atoms with Crippen molar-refractivity contribution in [1.29, 1.82) is 0 Å². The normalized spacial score (nSPS) is 10.2. The molecule has 0 aliphatic carbocycles. The largest absolute Gasteiger partial charge is 0.478 e. The molecule has 0 fully saturated rings. The van der Waals surface area contributed by atoms with E-state index in [9.17, 15) is 14.0 Å². The quantitative estimate of drug-likeness (QED) is 0.854. The van der Waals surface area contributed by atoms with Gasteiger partial charge < -0.3 is 10.4 Å². The Bertz CT molecular complexity index is 734. The fraction of sp³-hybridized carbons (Fsp3) is 0.0714. The lowest BCUT2D eigenvalue weighted by Crippen LogP contribution is -2.16. The molecule has 1 amide bonds. The van der Waals surface area contributed by atoms with Gasteiger partial charge in [0, 0.05) is 0 Å². The molecule has 0 saturated heterocycles. The number of hydrogen-bond acceptors (Lipinski definition) is 3. The van der Waals surface area contributed by atoms with E-state index in [4.69, 9.17) is 16.7 Å². The van der Waals surface area contributed by atoms with Gasteiger partial charge in [0.05, 0.1) is 23.0 Å². The SMILES string of the molecule is Cc1ccc(NC(=O)c2cc(F)cnc2Cl)c(C(=O)O)c1. The minimum atomic E-state index is -1.18. The maximum absolute atomic E-state index is 13.1. The standard InChI is InChI=1S/C14H10ClFN2O3/c1-7-2-3-11(9(4-7)14(20)21)18-13(19)10-5-8(16)6-17-12(10)15/h2-6H,1H3,(H,18,19)(H,20,21). The lowest BCUT2D eigenvalue weighted by molar-refractivity contribution is 0.0698. The number of aromatic carboxylic acids is 1. The topological polar surface area (TPSA) is 79.3 Å². The number of hydrogen-bond donors (Lipinski definition) is 2. The van der Waals surface area contributed by atoms with Gasteiger partial charge in [-0.05, 0) is 25.1 Å². The number of carboxylic acids is 1. The van der Waals surface area contributed by atoms with E-state index < -0.39 is 17.7 Å². The lowest BCUT2D eigenvalue weighted by Gasteiger charge is -2.10. The first-order valence-corrected chi connectivity index (χ1v) is 6.22. The fourth-order valence-corrected chi connectivity index (χ4v) is 1.90. The van der Waals surface area contributed by atoms with Crippen LogP contribution in [0.15, 0.2) is 30.5 Å². The van der Waals surface area contributed by atoms with Crippen LogP contribution < -0.4 is 5.32 Å². The van der Waals surface area contributed by atoms with E-state index in [0.29, 0.717) is 0 Å². The zero-order valence-electron chi connectivity index (χ0n) is 10.9. The Kier molecular flexibility index (Phi) is 4.18. The Balaban J connectivity index is 2.36. The second-order valence-corrected chi connectivity index (χ2v) is 4.66. The maximum atomic E-state index is 13.1. The van der Waals surface area contributed by atoms with Crippen LogP contribution in [0.25, 0.3) is 0 Å². The highest BCUT2D eigenvalue weighted by Gasteiger charge is 2.17. The Morgan fingerprint density at radius 2 is 2.00 bits per heavy atom. The molecule has 2 N–H and O–H groups in total. The van der Waals surface area contributed by atoms with Gasteiger partial charge in [0.15, 0.2) is 0 Å². The first kappa shape index (κ1) is 14.9. The van der Waals surface area contributed by atoms with Crippen molar-refractivity contribution in [2.75, 3.05) is 5.32 Å². The smallest absolute Gasteiger partial charge is 0.337 e. The zero-order chi connectivity index (χ0) is 15.6. The van der Waals surface area contributed by atoms with Gasteiger partial charge in [0.2, 0.25) is 0 Å². The number of nitrogens with one attached hydrogen (secondary N) is 1. The molecular weight excluding hydrogens is 299 g/mol. The highest BCUT2D eigenvalue weighted by molar-refractivity contribution is 6.33. The predicted molar refractivity (Wildman–Crippen MR) is 75.3 cm³/mol. The summed E-state index contributed by atoms with van der Waals surface area (Å²) in [5.41, 5.74) is 0.590. The number of anilines is 1. The third kappa shape index (κ3) is 3.35. The molecule has 0 radical (unpaired) electrons. The summed E-state index contributed by atoms with van der Waals surface area (Å²) in [6, 6.07) is 5.45. The van der Waals surface area contributed by atoms with Crippen molar-refractivity contribution in [1.82, 2.24) is 4.98 Å². The van der Waals surface area contributed by atoms with Crippen LogP contribution in [0.5, 0.6) is 0 Å². The van der Waals surface area contributed by atoms with Crippen LogP contribution in [-0.2, 0) is 0 Å². The van der Waals surface area contributed by atoms with Gasteiger partial charge in [0.25, 0.3) is 5.91 Å². The van der Waals surface area contributed by atoms with Crippen molar-refractivity contribution >= 4 is 29.2 Å². The number of carbonyl (C=O) groups excluding carboxylic acids is 1. The monoisotopic (exact) mass is 308 g/mol. The van der Waals surface area contributed by atoms with E-state index >= 15 is 0 Å². The van der Waals surface area contributed by atoms with Crippen LogP contribution in [0.4, 0.5) is 10.1 Å². The predicted octanol–water partition coefficient (Wildman–Crippen LogP) is 3.13. The summed E-state index contributed by atoms with van der Waals surface area (Å²) in [5, 5.41) is 11.3. The van der Waals surface area contributed by atoms with E-state index in [0.717, 1.165) is 17.8 Å². The van der Waals surface area contributed by atoms with Crippen LogP contribution in [0.3, 0.4) is 0 Å². The van der Waals surface area contributed by atoms with Gasteiger partial charge in [-0.15, -0.1) is 0 Å². The number of amides is 1. The molecule has 0 aliphatic heterocycles. The highest BCUT2D eigenvalue weighted by Crippen LogP contribution is 2.20. The van der Waals surface area contributed by atoms with E-state index in [1.165, 1.54) is 12.1 Å². The molecule has 1 aromatic carbocycles. The Morgan fingerprint density at radius 3 is 2.67 bits per heavy atom. The molecule has 21 heavy (non-hydrogen) atoms. The summed E-state index contributed by atoms with van der Waals surface area (Å²) in [6.07, 6.45) is 0.883. The van der Waals surface area contributed by atoms with E-state index in [2.05, 4.69) is 10.3 Å². The molecule has 2 rings (SSSR count). The minimum absolute atomic E-state index is 0.0659. The van der Waals surface area contributed by atoms with Crippen molar-refractivity contribution in [2.24, 2.45) is 0 Å². The van der Waals surface area contributed by atoms with Crippen molar-refractivity contribution in [3.8, 4) is 0 Å². The minimum Gasteiger partial charge on any atom is -0.478 e. The zero-order valence-corrected chi connectivity index (χ0v) is 11.6. The average Bonchev–Trinajstić information content (AvgIpc) is 2.43. The summed E-state index contributed by atoms with van der Waals surface area (Å²) in [5.74, 6) is -2.64. The number of nitrogens with zero attached hydrogens (tertiary/aromatic N) is 1. The van der Waals surface area contributed by atoms with Crippen LogP contribution in [-0.4, -0.2) is 22.0 Å². The van der Waals surface area contributed by atoms with Crippen molar-refractivity contribution < 1.29 is 19.1 Å². The number of carboxylic acid groups (broad SMARTS) is 1. The van der Waals surface area contributed by atoms with Gasteiger partial charge in [-0.2, -0.15) is 0 Å². The first-order chi connectivity index (χ1) is 9.88. The van der Waals surface area contributed by atoms with Gasteiger partial charge >= 0.3 is 5.97 Å². The van der Waals surface area contributed by atoms with Crippen LogP contribution >= 0.6 is 11.6 Å². The second kappa shape index (κ2) is 5.88. The Morgan fingerprint density at radius 1 is 1.29 bits per heavy atom. The lowest BCUT2D eigenvalue weighted by atomic mass is 10.1. The molecule has 0 atom stereocenters. The molecule has 0 saturated carbocycles. The molecule has 0 unspecified atom stereocenters. The third-order valence-corrected chi connectivity index (χ3v) is 3.01. The number of rotatable bonds is 3. The van der Waals surface area contributed by atoms with Crippen LogP contribution in [0.1, 0.15) is 26.3 Å². The number of benzene rings is 1. The number of aromatic nitrogens is 1. The Hall–Kier alpha value is -2.47. The summed E-state index contributed by atoms with van der Waals surface area (Å²) in [6.45, 7) is 1.73. The highest BCUT2D eigenvalue weighted by atomic mass is 35.5. The van der Waals surface area contributed by atoms with Gasteiger partial charge in [-0.1, -0.05) is 23.2 Å². The van der Waals surface area contributed by atoms with Crippen molar-refractivity contribution in [3.05, 3.63) is 58.1 Å². The van der Waals surface area contributed by atoms with Gasteiger partial charge in [-0.25, -0.2) is 14.2 Å². The maximum Gasteiger partial charge on any atom is 0.337 e. The summed E-state index contributed by atoms with van der Waals surface area (Å²) >= 11 is 5.73. The summed E-state index contributed by atoms with van der Waals surface area (Å²) in [7, 11) is 0. The number of halogens is 2. The second-order valence-electron chi connectivity index (χ2n) is 4.30. The number of carbonyl (C=O) groups is 2. The molecule has 1 aromatic heterocycles. The number of aryl methyl sites for hydroxylation is 1. The Labute approximate surface area is 124 Å². The van der Waals surface area contributed by atoms with Gasteiger partial charge in [-0.3, -0.25) is 4.79 Å². The molecule has 1 heterocycles. The molecule has 108 valence electrons. The average molecular weight is 309 g/mol. The third-order valence-electron chi connectivity index (χ3n) is 2.70.